The Labute approximate surface area is 167 Å². The number of carbonyl (C=O) groups excluding carboxylic acids is 1. The third-order valence-corrected chi connectivity index (χ3v) is 5.41. The van der Waals surface area contributed by atoms with Crippen molar-refractivity contribution in [2.75, 3.05) is 6.61 Å². The predicted octanol–water partition coefficient (Wildman–Crippen LogP) is 3.93. The minimum atomic E-state index is -0.457. The van der Waals surface area contributed by atoms with Crippen LogP contribution in [0.1, 0.15) is 56.9 Å². The van der Waals surface area contributed by atoms with Crippen LogP contribution in [0.2, 0.25) is 0 Å². The Bertz CT molecular complexity index is 615. The lowest BCUT2D eigenvalue weighted by molar-refractivity contribution is -0.148. The third-order valence-electron chi connectivity index (χ3n) is 5.41. The zero-order valence-corrected chi connectivity index (χ0v) is 16.5. The Morgan fingerprint density at radius 1 is 1.11 bits per heavy atom. The summed E-state index contributed by atoms with van der Waals surface area (Å²) in [7, 11) is 0. The van der Waals surface area contributed by atoms with E-state index in [1.807, 2.05) is 18.2 Å². The molecule has 0 aliphatic carbocycles. The van der Waals surface area contributed by atoms with Crippen LogP contribution < -0.4 is 0 Å². The van der Waals surface area contributed by atoms with Crippen molar-refractivity contribution in [2.24, 2.45) is 0 Å². The van der Waals surface area contributed by atoms with E-state index in [0.717, 1.165) is 45.1 Å². The molecule has 1 aromatic carbocycles. The number of esters is 1. The van der Waals surface area contributed by atoms with Crippen LogP contribution in [0.25, 0.3) is 0 Å². The summed E-state index contributed by atoms with van der Waals surface area (Å²) in [4.78, 5) is 11.2. The number of ether oxygens (including phenoxy) is 3. The van der Waals surface area contributed by atoms with E-state index in [1.165, 1.54) is 5.56 Å². The van der Waals surface area contributed by atoms with Gasteiger partial charge in [-0.2, -0.15) is 0 Å². The fourth-order valence-electron chi connectivity index (χ4n) is 3.81. The Hall–Kier alpha value is -1.69. The molecular formula is C23H32O5. The Kier molecular flexibility index (Phi) is 8.52. The van der Waals surface area contributed by atoms with Crippen LogP contribution in [-0.4, -0.2) is 42.1 Å². The molecule has 2 aliphatic rings. The van der Waals surface area contributed by atoms with Crippen molar-refractivity contribution in [3.05, 3.63) is 48.0 Å². The number of rotatable bonds is 11. The summed E-state index contributed by atoms with van der Waals surface area (Å²) in [5.74, 6) is -0.131. The first kappa shape index (κ1) is 21.0. The maximum absolute atomic E-state index is 11.2. The molecule has 0 saturated carbocycles. The van der Waals surface area contributed by atoms with Crippen LogP contribution in [0, 0.1) is 0 Å². The lowest BCUT2D eigenvalue weighted by Gasteiger charge is -2.21. The second-order valence-electron chi connectivity index (χ2n) is 7.65. The van der Waals surface area contributed by atoms with Crippen LogP contribution in [-0.2, 0) is 25.6 Å². The minimum absolute atomic E-state index is 0.0440. The van der Waals surface area contributed by atoms with Gasteiger partial charge >= 0.3 is 5.97 Å². The van der Waals surface area contributed by atoms with Gasteiger partial charge in [0.25, 0.3) is 0 Å². The van der Waals surface area contributed by atoms with Crippen LogP contribution in [0.15, 0.2) is 42.5 Å². The molecule has 0 aromatic heterocycles. The summed E-state index contributed by atoms with van der Waals surface area (Å²) in [5.41, 5.74) is 1.20. The molecule has 2 saturated heterocycles. The third kappa shape index (κ3) is 6.73. The molecule has 3 rings (SSSR count). The smallest absolute Gasteiger partial charge is 0.306 e. The molecule has 0 spiro atoms. The minimum Gasteiger partial charge on any atom is -0.460 e. The zero-order chi connectivity index (χ0) is 19.6. The predicted molar refractivity (Wildman–Crippen MR) is 107 cm³/mol. The van der Waals surface area contributed by atoms with Gasteiger partial charge in [-0.05, 0) is 50.5 Å². The van der Waals surface area contributed by atoms with E-state index in [9.17, 15) is 9.90 Å². The number of hydrogen-bond acceptors (Lipinski definition) is 5. The maximum atomic E-state index is 11.2. The van der Waals surface area contributed by atoms with Gasteiger partial charge in [-0.1, -0.05) is 42.5 Å². The van der Waals surface area contributed by atoms with E-state index in [1.54, 1.807) is 0 Å². The highest BCUT2D eigenvalue weighted by Gasteiger charge is 2.39. The van der Waals surface area contributed by atoms with Crippen molar-refractivity contribution in [3.63, 3.8) is 0 Å². The van der Waals surface area contributed by atoms with Gasteiger partial charge in [-0.3, -0.25) is 4.79 Å². The highest BCUT2D eigenvalue weighted by molar-refractivity contribution is 5.71. The average molecular weight is 389 g/mol. The van der Waals surface area contributed by atoms with Gasteiger partial charge in [0.1, 0.15) is 6.10 Å². The summed E-state index contributed by atoms with van der Waals surface area (Å²) < 4.78 is 16.9. The van der Waals surface area contributed by atoms with Gasteiger partial charge in [0.05, 0.1) is 24.9 Å². The fourth-order valence-corrected chi connectivity index (χ4v) is 3.81. The number of cyclic esters (lactones) is 1. The molecule has 2 aliphatic heterocycles. The van der Waals surface area contributed by atoms with E-state index in [-0.39, 0.29) is 24.3 Å². The molecule has 5 nitrogen and oxygen atoms in total. The molecule has 28 heavy (non-hydrogen) atoms. The van der Waals surface area contributed by atoms with Crippen LogP contribution in [0.5, 0.6) is 0 Å². The second kappa shape index (κ2) is 11.3. The van der Waals surface area contributed by atoms with Gasteiger partial charge < -0.3 is 19.3 Å². The van der Waals surface area contributed by atoms with Gasteiger partial charge in [0.2, 0.25) is 0 Å². The quantitative estimate of drug-likeness (QED) is 0.353. The molecule has 0 bridgehead atoms. The topological polar surface area (TPSA) is 65.0 Å². The van der Waals surface area contributed by atoms with Gasteiger partial charge in [-0.25, -0.2) is 0 Å². The molecule has 1 aromatic rings. The molecule has 1 N–H and O–H groups in total. The number of hydrogen-bond donors (Lipinski definition) is 1. The molecule has 0 amide bonds. The van der Waals surface area contributed by atoms with E-state index in [0.29, 0.717) is 19.4 Å². The molecule has 0 radical (unpaired) electrons. The SMILES string of the molecule is O=C1CC[C@@H]([C@@H]2CC[C@@H]([C@H](O)CC/C=C/CCCOCc3ccccc3)O2)O1. The molecule has 2 heterocycles. The van der Waals surface area contributed by atoms with Crippen molar-refractivity contribution in [1.29, 1.82) is 0 Å². The number of unbranched alkanes of at least 4 members (excludes halogenated alkanes) is 1. The highest BCUT2D eigenvalue weighted by Crippen LogP contribution is 2.31. The Morgan fingerprint density at radius 3 is 2.71 bits per heavy atom. The monoisotopic (exact) mass is 388 g/mol. The number of carbonyl (C=O) groups is 1. The number of benzene rings is 1. The first-order chi connectivity index (χ1) is 13.7. The van der Waals surface area contributed by atoms with Gasteiger partial charge in [0, 0.05) is 13.0 Å². The number of aliphatic hydroxyl groups excluding tert-OH is 1. The van der Waals surface area contributed by atoms with Crippen molar-refractivity contribution in [3.8, 4) is 0 Å². The normalized spacial score (nSPS) is 26.0. The van der Waals surface area contributed by atoms with Crippen LogP contribution in [0.3, 0.4) is 0 Å². The molecule has 154 valence electrons. The molecule has 2 fully saturated rings. The summed E-state index contributed by atoms with van der Waals surface area (Å²) in [6.45, 7) is 1.42. The van der Waals surface area contributed by atoms with Crippen LogP contribution in [0.4, 0.5) is 0 Å². The van der Waals surface area contributed by atoms with Crippen molar-refractivity contribution in [2.45, 2.75) is 82.4 Å². The van der Waals surface area contributed by atoms with E-state index >= 15 is 0 Å². The van der Waals surface area contributed by atoms with E-state index < -0.39 is 6.10 Å². The number of allylic oxidation sites excluding steroid dienone is 2. The summed E-state index contributed by atoms with van der Waals surface area (Å²) in [6.07, 6.45) is 9.99. The lowest BCUT2D eigenvalue weighted by Crippen LogP contribution is -2.30. The average Bonchev–Trinajstić information content (AvgIpc) is 3.36. The van der Waals surface area contributed by atoms with Gasteiger partial charge in [0.15, 0.2) is 0 Å². The molecular weight excluding hydrogens is 356 g/mol. The molecule has 4 atom stereocenters. The summed E-state index contributed by atoms with van der Waals surface area (Å²) in [6, 6.07) is 10.2. The summed E-state index contributed by atoms with van der Waals surface area (Å²) in [5, 5.41) is 10.4. The Morgan fingerprint density at radius 2 is 1.93 bits per heavy atom. The first-order valence-corrected chi connectivity index (χ1v) is 10.5. The largest absolute Gasteiger partial charge is 0.460 e. The molecule has 0 unspecified atom stereocenters. The Balaban J connectivity index is 1.20. The number of aliphatic hydroxyl groups is 1. The zero-order valence-electron chi connectivity index (χ0n) is 16.5. The molecule has 5 heteroatoms. The second-order valence-corrected chi connectivity index (χ2v) is 7.65. The van der Waals surface area contributed by atoms with E-state index in [2.05, 4.69) is 24.3 Å². The highest BCUT2D eigenvalue weighted by atomic mass is 16.6. The first-order valence-electron chi connectivity index (χ1n) is 10.5. The lowest BCUT2D eigenvalue weighted by atomic mass is 10.0. The van der Waals surface area contributed by atoms with Crippen molar-refractivity contribution < 1.29 is 24.1 Å². The van der Waals surface area contributed by atoms with Crippen molar-refractivity contribution >= 4 is 5.97 Å². The maximum Gasteiger partial charge on any atom is 0.306 e. The van der Waals surface area contributed by atoms with Crippen molar-refractivity contribution in [1.82, 2.24) is 0 Å². The van der Waals surface area contributed by atoms with Crippen LogP contribution >= 0.6 is 0 Å². The van der Waals surface area contributed by atoms with E-state index in [4.69, 9.17) is 14.2 Å². The standard InChI is InChI=1S/C23H32O5/c24-19(20-12-13-21(27-20)22-14-15-23(25)28-22)11-7-2-1-3-8-16-26-17-18-9-5-4-6-10-18/h1-2,4-6,9-10,19-22,24H,3,7-8,11-17H2/b2-1+/t19-,20+,21+,22+/m1/s1. The summed E-state index contributed by atoms with van der Waals surface area (Å²) >= 11 is 0. The van der Waals surface area contributed by atoms with Gasteiger partial charge in [-0.15, -0.1) is 0 Å². The fraction of sp³-hybridized carbons (Fsp3) is 0.609.